The minimum Gasteiger partial charge on any atom is -0.366 e. The molecule has 1 aromatic heterocycles. The monoisotopic (exact) mass is 255 g/mol. The number of halogens is 1. The zero-order valence-corrected chi connectivity index (χ0v) is 11.3. The molecule has 0 saturated carbocycles. The van der Waals surface area contributed by atoms with Crippen molar-refractivity contribution in [1.29, 1.82) is 0 Å². The van der Waals surface area contributed by atoms with Crippen LogP contribution in [0.1, 0.15) is 38.1 Å². The van der Waals surface area contributed by atoms with Crippen LogP contribution < -0.4 is 11.1 Å². The standard InChI is InChI=1S/C12H18ClN3O/c1-7(12(2,3)4)16-11-9(13)5-8(6-15-11)10(14)17/h5-7H,1-4H3,(H2,14,17)(H,15,16). The normalized spacial score (nSPS) is 13.2. The quantitative estimate of drug-likeness (QED) is 0.873. The van der Waals surface area contributed by atoms with Gasteiger partial charge in [-0.1, -0.05) is 32.4 Å². The largest absolute Gasteiger partial charge is 0.366 e. The first kappa shape index (κ1) is 13.8. The van der Waals surface area contributed by atoms with E-state index in [1.165, 1.54) is 12.3 Å². The van der Waals surface area contributed by atoms with Crippen LogP contribution in [0.25, 0.3) is 0 Å². The molecule has 1 aromatic rings. The molecule has 0 aliphatic heterocycles. The van der Waals surface area contributed by atoms with Crippen molar-refractivity contribution < 1.29 is 4.79 Å². The number of rotatable bonds is 3. The van der Waals surface area contributed by atoms with Gasteiger partial charge in [0, 0.05) is 12.2 Å². The number of anilines is 1. The van der Waals surface area contributed by atoms with E-state index in [1.54, 1.807) is 0 Å². The lowest BCUT2D eigenvalue weighted by atomic mass is 9.88. The lowest BCUT2D eigenvalue weighted by Crippen LogP contribution is -2.31. The molecule has 0 aliphatic carbocycles. The van der Waals surface area contributed by atoms with Gasteiger partial charge in [0.05, 0.1) is 10.6 Å². The third-order valence-corrected chi connectivity index (χ3v) is 3.07. The van der Waals surface area contributed by atoms with Crippen LogP contribution in [0.3, 0.4) is 0 Å². The van der Waals surface area contributed by atoms with E-state index in [4.69, 9.17) is 17.3 Å². The van der Waals surface area contributed by atoms with Gasteiger partial charge in [-0.25, -0.2) is 4.98 Å². The van der Waals surface area contributed by atoms with Gasteiger partial charge in [0.25, 0.3) is 0 Å². The summed E-state index contributed by atoms with van der Waals surface area (Å²) in [6, 6.07) is 1.72. The van der Waals surface area contributed by atoms with Crippen molar-refractivity contribution in [2.75, 3.05) is 5.32 Å². The zero-order valence-electron chi connectivity index (χ0n) is 10.5. The predicted octanol–water partition coefficient (Wildman–Crippen LogP) is 2.68. The van der Waals surface area contributed by atoms with E-state index in [1.807, 2.05) is 0 Å². The molecule has 4 nitrogen and oxygen atoms in total. The second-order valence-corrected chi connectivity index (χ2v) is 5.56. The highest BCUT2D eigenvalue weighted by molar-refractivity contribution is 6.33. The van der Waals surface area contributed by atoms with Crippen molar-refractivity contribution in [3.63, 3.8) is 0 Å². The number of nitrogens with one attached hydrogen (secondary N) is 1. The maximum atomic E-state index is 10.9. The van der Waals surface area contributed by atoms with Crippen LogP contribution >= 0.6 is 11.6 Å². The summed E-state index contributed by atoms with van der Waals surface area (Å²) in [5, 5.41) is 3.62. The van der Waals surface area contributed by atoms with E-state index in [-0.39, 0.29) is 11.5 Å². The minimum absolute atomic E-state index is 0.0906. The molecule has 0 radical (unpaired) electrons. The van der Waals surface area contributed by atoms with Crippen LogP contribution in [0.5, 0.6) is 0 Å². The molecule has 17 heavy (non-hydrogen) atoms. The van der Waals surface area contributed by atoms with E-state index in [9.17, 15) is 4.79 Å². The molecule has 1 amide bonds. The molecule has 1 rings (SSSR count). The number of hydrogen-bond donors (Lipinski definition) is 2. The fraction of sp³-hybridized carbons (Fsp3) is 0.500. The van der Waals surface area contributed by atoms with Crippen molar-refractivity contribution in [2.24, 2.45) is 11.1 Å². The van der Waals surface area contributed by atoms with Gasteiger partial charge in [-0.15, -0.1) is 0 Å². The Morgan fingerprint density at radius 2 is 2.12 bits per heavy atom. The topological polar surface area (TPSA) is 68.0 Å². The van der Waals surface area contributed by atoms with Gasteiger partial charge in [0.15, 0.2) is 0 Å². The fourth-order valence-electron chi connectivity index (χ4n) is 1.10. The molecular formula is C12H18ClN3O. The molecule has 0 bridgehead atoms. The van der Waals surface area contributed by atoms with Crippen LogP contribution in [-0.4, -0.2) is 16.9 Å². The Hall–Kier alpha value is -1.29. The SMILES string of the molecule is CC(Nc1ncc(C(N)=O)cc1Cl)C(C)(C)C. The number of carbonyl (C=O) groups is 1. The summed E-state index contributed by atoms with van der Waals surface area (Å²) in [7, 11) is 0. The summed E-state index contributed by atoms with van der Waals surface area (Å²) in [5.41, 5.74) is 5.55. The van der Waals surface area contributed by atoms with Gasteiger partial charge < -0.3 is 11.1 Å². The molecule has 5 heteroatoms. The molecule has 0 spiro atoms. The Bertz CT molecular complexity index is 426. The van der Waals surface area contributed by atoms with Gasteiger partial charge in [-0.2, -0.15) is 0 Å². The highest BCUT2D eigenvalue weighted by atomic mass is 35.5. The Kier molecular flexibility index (Phi) is 3.98. The van der Waals surface area contributed by atoms with E-state index >= 15 is 0 Å². The summed E-state index contributed by atoms with van der Waals surface area (Å²) in [4.78, 5) is 15.1. The number of carbonyl (C=O) groups excluding carboxylic acids is 1. The molecule has 0 aliphatic rings. The van der Waals surface area contributed by atoms with Crippen molar-refractivity contribution in [3.8, 4) is 0 Å². The lowest BCUT2D eigenvalue weighted by Gasteiger charge is -2.28. The van der Waals surface area contributed by atoms with Gasteiger partial charge in [0.1, 0.15) is 5.82 Å². The number of nitrogens with two attached hydrogens (primary N) is 1. The molecule has 0 saturated heterocycles. The van der Waals surface area contributed by atoms with Gasteiger partial charge in [-0.05, 0) is 18.4 Å². The Morgan fingerprint density at radius 3 is 2.53 bits per heavy atom. The Balaban J connectivity index is 2.90. The smallest absolute Gasteiger partial charge is 0.250 e. The van der Waals surface area contributed by atoms with Crippen LogP contribution in [0.15, 0.2) is 12.3 Å². The fourth-order valence-corrected chi connectivity index (χ4v) is 1.32. The van der Waals surface area contributed by atoms with E-state index in [2.05, 4.69) is 38.0 Å². The molecule has 1 heterocycles. The Morgan fingerprint density at radius 1 is 1.53 bits per heavy atom. The molecule has 94 valence electrons. The van der Waals surface area contributed by atoms with Crippen LogP contribution in [-0.2, 0) is 0 Å². The first-order valence-electron chi connectivity index (χ1n) is 5.43. The second-order valence-electron chi connectivity index (χ2n) is 5.15. The van der Waals surface area contributed by atoms with E-state index < -0.39 is 5.91 Å². The molecule has 0 fully saturated rings. The number of primary amides is 1. The number of pyridine rings is 1. The first-order valence-corrected chi connectivity index (χ1v) is 5.81. The average molecular weight is 256 g/mol. The van der Waals surface area contributed by atoms with Crippen LogP contribution in [0.4, 0.5) is 5.82 Å². The predicted molar refractivity (Wildman–Crippen MR) is 70.3 cm³/mol. The number of nitrogens with zero attached hydrogens (tertiary/aromatic N) is 1. The summed E-state index contributed by atoms with van der Waals surface area (Å²) < 4.78 is 0. The van der Waals surface area contributed by atoms with Gasteiger partial charge in [-0.3, -0.25) is 4.79 Å². The third kappa shape index (κ3) is 3.60. The van der Waals surface area contributed by atoms with Crippen molar-refractivity contribution in [1.82, 2.24) is 4.98 Å². The number of hydrogen-bond acceptors (Lipinski definition) is 3. The minimum atomic E-state index is -0.533. The van der Waals surface area contributed by atoms with Crippen LogP contribution in [0.2, 0.25) is 5.02 Å². The molecule has 0 aromatic carbocycles. The molecule has 1 atom stereocenters. The summed E-state index contributed by atoms with van der Waals surface area (Å²) in [5.74, 6) is 0.0360. The molecular weight excluding hydrogens is 238 g/mol. The van der Waals surface area contributed by atoms with Crippen molar-refractivity contribution in [2.45, 2.75) is 33.7 Å². The summed E-state index contributed by atoms with van der Waals surface area (Å²) in [6.07, 6.45) is 1.42. The molecule has 1 unspecified atom stereocenters. The Labute approximate surface area is 107 Å². The maximum Gasteiger partial charge on any atom is 0.250 e. The maximum absolute atomic E-state index is 10.9. The van der Waals surface area contributed by atoms with Crippen molar-refractivity contribution >= 4 is 23.3 Å². The van der Waals surface area contributed by atoms with E-state index in [0.29, 0.717) is 16.4 Å². The molecule has 3 N–H and O–H groups in total. The van der Waals surface area contributed by atoms with Gasteiger partial charge >= 0.3 is 0 Å². The number of amides is 1. The average Bonchev–Trinajstić information content (AvgIpc) is 2.19. The first-order chi connectivity index (χ1) is 7.71. The third-order valence-electron chi connectivity index (χ3n) is 2.78. The highest BCUT2D eigenvalue weighted by Gasteiger charge is 2.21. The highest BCUT2D eigenvalue weighted by Crippen LogP contribution is 2.26. The van der Waals surface area contributed by atoms with E-state index in [0.717, 1.165) is 0 Å². The summed E-state index contributed by atoms with van der Waals surface area (Å²) in [6.45, 7) is 8.42. The van der Waals surface area contributed by atoms with Crippen LogP contribution in [0, 0.1) is 5.41 Å². The van der Waals surface area contributed by atoms with Crippen molar-refractivity contribution in [3.05, 3.63) is 22.8 Å². The second kappa shape index (κ2) is 4.92. The lowest BCUT2D eigenvalue weighted by molar-refractivity contribution is 0.1000. The van der Waals surface area contributed by atoms with Gasteiger partial charge in [0.2, 0.25) is 5.91 Å². The zero-order chi connectivity index (χ0) is 13.2. The number of aromatic nitrogens is 1. The summed E-state index contributed by atoms with van der Waals surface area (Å²) >= 11 is 6.03.